The Bertz CT molecular complexity index is 456. The van der Waals surface area contributed by atoms with E-state index in [0.717, 1.165) is 5.75 Å². The molecular weight excluding hydrogens is 332 g/mol. The van der Waals surface area contributed by atoms with Crippen LogP contribution in [-0.2, 0) is 14.3 Å². The fourth-order valence-electron chi connectivity index (χ4n) is 2.50. The minimum absolute atomic E-state index is 0.188. The van der Waals surface area contributed by atoms with E-state index in [0.29, 0.717) is 32.4 Å². The number of hydrogen-bond donors (Lipinski definition) is 1. The molecule has 0 aromatic rings. The lowest BCUT2D eigenvalue weighted by Crippen LogP contribution is -2.52. The van der Waals surface area contributed by atoms with Gasteiger partial charge in [0.25, 0.3) is 0 Å². The van der Waals surface area contributed by atoms with Crippen LogP contribution in [0.25, 0.3) is 0 Å². The molecule has 1 saturated heterocycles. The summed E-state index contributed by atoms with van der Waals surface area (Å²) in [6, 6.07) is -0.660. The van der Waals surface area contributed by atoms with Crippen molar-refractivity contribution >= 4 is 29.7 Å². The van der Waals surface area contributed by atoms with E-state index in [2.05, 4.69) is 5.32 Å². The Labute approximate surface area is 147 Å². The molecule has 8 heteroatoms. The lowest BCUT2D eigenvalue weighted by Gasteiger charge is -2.34. The highest BCUT2D eigenvalue weighted by molar-refractivity contribution is 7.98. The van der Waals surface area contributed by atoms with Crippen LogP contribution < -0.4 is 10.4 Å². The van der Waals surface area contributed by atoms with Crippen molar-refractivity contribution in [2.45, 2.75) is 51.7 Å². The van der Waals surface area contributed by atoms with Crippen LogP contribution in [0.4, 0.5) is 4.79 Å². The number of nitrogens with one attached hydrogen (secondary N) is 1. The van der Waals surface area contributed by atoms with Crippen molar-refractivity contribution < 1.29 is 24.2 Å². The average Bonchev–Trinajstić information content (AvgIpc) is 2.49. The Morgan fingerprint density at radius 2 is 1.88 bits per heavy atom. The van der Waals surface area contributed by atoms with Gasteiger partial charge in [0.05, 0.1) is 0 Å². The fourth-order valence-corrected chi connectivity index (χ4v) is 2.97. The Balaban J connectivity index is 2.65. The van der Waals surface area contributed by atoms with Crippen LogP contribution in [0.5, 0.6) is 0 Å². The zero-order chi connectivity index (χ0) is 18.3. The predicted molar refractivity (Wildman–Crippen MR) is 90.5 cm³/mol. The third kappa shape index (κ3) is 6.98. The second-order valence-corrected chi connectivity index (χ2v) is 7.88. The Morgan fingerprint density at radius 3 is 2.33 bits per heavy atom. The van der Waals surface area contributed by atoms with Crippen molar-refractivity contribution in [3.05, 3.63) is 0 Å². The topological polar surface area (TPSA) is 98.8 Å². The van der Waals surface area contributed by atoms with Crippen LogP contribution in [0.3, 0.4) is 0 Å². The smallest absolute Gasteiger partial charge is 0.408 e. The van der Waals surface area contributed by atoms with E-state index < -0.39 is 29.6 Å². The standard InChI is InChI=1S/C16H28N2O5S/c1-16(2,3)23-15(22)17-12(7-10-24-4)13(19)18-8-5-11(6-9-18)14(20)21/h11-12H,5-10H2,1-4H3,(H,17,22)(H,20,21)/p-1/t12-/m1/s1. The summed E-state index contributed by atoms with van der Waals surface area (Å²) in [5.74, 6) is -1.03. The maximum atomic E-state index is 12.7. The number of carboxylic acid groups (broad SMARTS) is 1. The van der Waals surface area contributed by atoms with Crippen LogP contribution >= 0.6 is 11.8 Å². The number of hydrogen-bond acceptors (Lipinski definition) is 6. The number of carbonyl (C=O) groups excluding carboxylic acids is 3. The minimum Gasteiger partial charge on any atom is -0.550 e. The van der Waals surface area contributed by atoms with Crippen molar-refractivity contribution in [3.63, 3.8) is 0 Å². The third-order valence-corrected chi connectivity index (χ3v) is 4.38. The number of rotatable bonds is 6. The monoisotopic (exact) mass is 359 g/mol. The van der Waals surface area contributed by atoms with Gasteiger partial charge in [-0.3, -0.25) is 4.79 Å². The van der Waals surface area contributed by atoms with E-state index in [4.69, 9.17) is 4.74 Å². The molecule has 0 aliphatic carbocycles. The minimum atomic E-state index is -1.06. The molecule has 0 spiro atoms. The fraction of sp³-hybridized carbons (Fsp3) is 0.812. The number of carboxylic acids is 1. The molecule has 2 amide bonds. The van der Waals surface area contributed by atoms with Crippen LogP contribution in [0.1, 0.15) is 40.0 Å². The Kier molecular flexibility index (Phi) is 7.86. The predicted octanol–water partition coefficient (Wildman–Crippen LogP) is 0.621. The van der Waals surface area contributed by atoms with Gasteiger partial charge in [0.2, 0.25) is 5.91 Å². The van der Waals surface area contributed by atoms with Gasteiger partial charge in [0.1, 0.15) is 11.6 Å². The maximum Gasteiger partial charge on any atom is 0.408 e. The first-order valence-corrected chi connectivity index (χ1v) is 9.51. The zero-order valence-electron chi connectivity index (χ0n) is 14.8. The molecule has 1 aliphatic rings. The molecule has 0 unspecified atom stereocenters. The molecule has 1 heterocycles. The molecule has 1 N–H and O–H groups in total. The first kappa shape index (κ1) is 20.6. The highest BCUT2D eigenvalue weighted by Gasteiger charge is 2.30. The summed E-state index contributed by atoms with van der Waals surface area (Å²) in [6.45, 7) is 6.01. The van der Waals surface area contributed by atoms with Gasteiger partial charge in [-0.1, -0.05) is 0 Å². The van der Waals surface area contributed by atoms with Crippen LogP contribution in [0, 0.1) is 5.92 Å². The molecule has 0 bridgehead atoms. The molecule has 0 aromatic carbocycles. The van der Waals surface area contributed by atoms with Gasteiger partial charge >= 0.3 is 6.09 Å². The first-order chi connectivity index (χ1) is 11.1. The van der Waals surface area contributed by atoms with Crippen molar-refractivity contribution in [2.75, 3.05) is 25.1 Å². The normalized spacial score (nSPS) is 17.2. The summed E-state index contributed by atoms with van der Waals surface area (Å²) in [5, 5.41) is 13.5. The number of likely N-dealkylation sites (tertiary alicyclic amines) is 1. The van der Waals surface area contributed by atoms with Crippen LogP contribution in [0.2, 0.25) is 0 Å². The van der Waals surface area contributed by atoms with E-state index in [9.17, 15) is 19.5 Å². The van der Waals surface area contributed by atoms with E-state index in [1.54, 1.807) is 37.4 Å². The molecule has 1 aliphatic heterocycles. The number of ether oxygens (including phenoxy) is 1. The molecule has 0 aromatic heterocycles. The molecular formula is C16H27N2O5S-. The summed E-state index contributed by atoms with van der Waals surface area (Å²) in [4.78, 5) is 37.1. The number of carbonyl (C=O) groups is 3. The third-order valence-electron chi connectivity index (χ3n) is 3.74. The molecule has 1 atom stereocenters. The number of aliphatic carboxylic acids is 1. The van der Waals surface area contributed by atoms with Gasteiger partial charge in [-0.25, -0.2) is 4.79 Å². The molecule has 1 rings (SSSR count). The molecule has 1 fully saturated rings. The number of thioether (sulfide) groups is 1. The van der Waals surface area contributed by atoms with Gasteiger partial charge < -0.3 is 24.9 Å². The van der Waals surface area contributed by atoms with Crippen LogP contribution in [0.15, 0.2) is 0 Å². The van der Waals surface area contributed by atoms with Crippen molar-refractivity contribution in [2.24, 2.45) is 5.92 Å². The Morgan fingerprint density at radius 1 is 1.29 bits per heavy atom. The van der Waals surface area contributed by atoms with Crippen molar-refractivity contribution in [1.82, 2.24) is 10.2 Å². The molecule has 138 valence electrons. The van der Waals surface area contributed by atoms with E-state index in [1.807, 2.05) is 6.26 Å². The van der Waals surface area contributed by atoms with Crippen molar-refractivity contribution in [3.8, 4) is 0 Å². The van der Waals surface area contributed by atoms with E-state index in [-0.39, 0.29) is 5.91 Å². The van der Waals surface area contributed by atoms with Gasteiger partial charge in [-0.05, 0) is 52.0 Å². The SMILES string of the molecule is CSCC[C@@H](NC(=O)OC(C)(C)C)C(=O)N1CCC(C(=O)[O-])CC1. The summed E-state index contributed by atoms with van der Waals surface area (Å²) >= 11 is 1.59. The van der Waals surface area contributed by atoms with Crippen LogP contribution in [-0.4, -0.2) is 59.6 Å². The average molecular weight is 359 g/mol. The van der Waals surface area contributed by atoms with E-state index >= 15 is 0 Å². The van der Waals surface area contributed by atoms with Gasteiger partial charge in [-0.15, -0.1) is 0 Å². The van der Waals surface area contributed by atoms with Gasteiger partial charge in [0, 0.05) is 25.0 Å². The number of alkyl carbamates (subject to hydrolysis) is 1. The number of piperidine rings is 1. The molecule has 0 saturated carbocycles. The summed E-state index contributed by atoms with van der Waals surface area (Å²) in [6.07, 6.45) is 2.58. The summed E-state index contributed by atoms with van der Waals surface area (Å²) in [7, 11) is 0. The number of nitrogens with zero attached hydrogens (tertiary/aromatic N) is 1. The molecule has 7 nitrogen and oxygen atoms in total. The highest BCUT2D eigenvalue weighted by Crippen LogP contribution is 2.18. The van der Waals surface area contributed by atoms with Gasteiger partial charge in [-0.2, -0.15) is 11.8 Å². The highest BCUT2D eigenvalue weighted by atomic mass is 32.2. The van der Waals surface area contributed by atoms with Crippen molar-refractivity contribution in [1.29, 1.82) is 0 Å². The zero-order valence-corrected chi connectivity index (χ0v) is 15.6. The Hall–Kier alpha value is -1.44. The summed E-state index contributed by atoms with van der Waals surface area (Å²) < 4.78 is 5.22. The second kappa shape index (κ2) is 9.15. The lowest BCUT2D eigenvalue weighted by molar-refractivity contribution is -0.312. The summed E-state index contributed by atoms with van der Waals surface area (Å²) in [5.41, 5.74) is -0.635. The lowest BCUT2D eigenvalue weighted by atomic mass is 9.96. The van der Waals surface area contributed by atoms with E-state index in [1.165, 1.54) is 0 Å². The molecule has 24 heavy (non-hydrogen) atoms. The molecule has 0 radical (unpaired) electrons. The maximum absolute atomic E-state index is 12.7. The van der Waals surface area contributed by atoms with Gasteiger partial charge in [0.15, 0.2) is 0 Å². The second-order valence-electron chi connectivity index (χ2n) is 6.90. The number of amides is 2. The first-order valence-electron chi connectivity index (χ1n) is 8.12. The largest absolute Gasteiger partial charge is 0.550 e. The quantitative estimate of drug-likeness (QED) is 0.746.